The predicted octanol–water partition coefficient (Wildman–Crippen LogP) is 3.68. The summed E-state index contributed by atoms with van der Waals surface area (Å²) in [4.78, 5) is 8.83. The van der Waals surface area contributed by atoms with E-state index in [1.165, 1.54) is 0 Å². The lowest BCUT2D eigenvalue weighted by atomic mass is 10.1. The molecule has 0 N–H and O–H groups in total. The molecule has 0 atom stereocenters. The highest BCUT2D eigenvalue weighted by Crippen LogP contribution is 2.23. The molecule has 1 heterocycles. The van der Waals surface area contributed by atoms with Crippen LogP contribution in [0, 0.1) is 11.3 Å². The molecule has 0 saturated carbocycles. The second-order valence-electron chi connectivity index (χ2n) is 4.30. The molecule has 20 heavy (non-hydrogen) atoms. The number of aromatic nitrogens is 2. The van der Waals surface area contributed by atoms with Crippen LogP contribution in [0.25, 0.3) is 22.5 Å². The Bertz CT molecular complexity index is 759. The van der Waals surface area contributed by atoms with Gasteiger partial charge in [-0.15, -0.1) is 0 Å². The molecule has 3 heteroatoms. The molecule has 2 aromatic carbocycles. The molecule has 94 valence electrons. The molecule has 1 aromatic heterocycles. The number of nitriles is 1. The van der Waals surface area contributed by atoms with Gasteiger partial charge in [-0.25, -0.2) is 9.97 Å². The second-order valence-corrected chi connectivity index (χ2v) is 4.30. The zero-order valence-corrected chi connectivity index (χ0v) is 10.7. The van der Waals surface area contributed by atoms with E-state index in [0.29, 0.717) is 11.4 Å². The van der Waals surface area contributed by atoms with Crippen LogP contribution in [-0.2, 0) is 0 Å². The zero-order chi connectivity index (χ0) is 13.8. The van der Waals surface area contributed by atoms with Gasteiger partial charge in [0, 0.05) is 11.1 Å². The van der Waals surface area contributed by atoms with Crippen molar-refractivity contribution in [2.75, 3.05) is 0 Å². The summed E-state index contributed by atoms with van der Waals surface area (Å²) in [5.41, 5.74) is 3.62. The molecule has 0 aliphatic rings. The summed E-state index contributed by atoms with van der Waals surface area (Å²) in [6.07, 6.45) is 1.64. The van der Waals surface area contributed by atoms with Crippen LogP contribution < -0.4 is 0 Å². The van der Waals surface area contributed by atoms with Gasteiger partial charge in [0.2, 0.25) is 0 Å². The van der Waals surface area contributed by atoms with E-state index in [4.69, 9.17) is 0 Å². The van der Waals surface area contributed by atoms with Crippen molar-refractivity contribution < 1.29 is 0 Å². The van der Waals surface area contributed by atoms with E-state index in [1.54, 1.807) is 6.20 Å². The maximum Gasteiger partial charge on any atom is 0.166 e. The molecule has 3 rings (SSSR count). The van der Waals surface area contributed by atoms with Crippen molar-refractivity contribution >= 4 is 0 Å². The smallest absolute Gasteiger partial charge is 0.166 e. The molecule has 3 aromatic rings. The number of benzene rings is 2. The Hall–Kier alpha value is -2.99. The standard InChI is InChI=1S/C17H11N3/c18-11-15-17(14-9-5-2-6-10-14)20-16(12-19-15)13-7-3-1-4-8-13/h1-10,12H. The van der Waals surface area contributed by atoms with Gasteiger partial charge in [0.1, 0.15) is 11.8 Å². The quantitative estimate of drug-likeness (QED) is 0.703. The fraction of sp³-hybridized carbons (Fsp3) is 0. The third-order valence-electron chi connectivity index (χ3n) is 3.00. The minimum absolute atomic E-state index is 0.343. The van der Waals surface area contributed by atoms with Crippen molar-refractivity contribution in [3.8, 4) is 28.6 Å². The highest BCUT2D eigenvalue weighted by Gasteiger charge is 2.10. The Morgan fingerprint density at radius 2 is 1.40 bits per heavy atom. The average molecular weight is 257 g/mol. The zero-order valence-electron chi connectivity index (χ0n) is 10.7. The Kier molecular flexibility index (Phi) is 3.22. The highest BCUT2D eigenvalue weighted by atomic mass is 14.8. The third-order valence-corrected chi connectivity index (χ3v) is 3.00. The SMILES string of the molecule is N#Cc1ncc(-c2ccccc2)nc1-c1ccccc1. The summed E-state index contributed by atoms with van der Waals surface area (Å²) >= 11 is 0. The number of hydrogen-bond acceptors (Lipinski definition) is 3. The summed E-state index contributed by atoms with van der Waals surface area (Å²) in [5, 5.41) is 9.19. The molecule has 0 amide bonds. The summed E-state index contributed by atoms with van der Waals surface area (Å²) in [6.45, 7) is 0. The van der Waals surface area contributed by atoms with Crippen LogP contribution in [-0.4, -0.2) is 9.97 Å². The van der Waals surface area contributed by atoms with E-state index in [9.17, 15) is 5.26 Å². The Balaban J connectivity index is 2.16. The van der Waals surface area contributed by atoms with E-state index < -0.39 is 0 Å². The van der Waals surface area contributed by atoms with Crippen molar-refractivity contribution in [2.24, 2.45) is 0 Å². The number of rotatable bonds is 2. The van der Waals surface area contributed by atoms with Crippen LogP contribution in [0.4, 0.5) is 0 Å². The summed E-state index contributed by atoms with van der Waals surface area (Å²) in [5.74, 6) is 0. The van der Waals surface area contributed by atoms with Crippen LogP contribution in [0.15, 0.2) is 66.9 Å². The largest absolute Gasteiger partial charge is 0.243 e. The molecular formula is C17H11N3. The van der Waals surface area contributed by atoms with E-state index >= 15 is 0 Å². The fourth-order valence-electron chi connectivity index (χ4n) is 2.02. The first-order valence-corrected chi connectivity index (χ1v) is 6.26. The lowest BCUT2D eigenvalue weighted by molar-refractivity contribution is 1.17. The molecule has 3 nitrogen and oxygen atoms in total. The molecule has 0 saturated heterocycles. The first-order chi connectivity index (χ1) is 9.88. The highest BCUT2D eigenvalue weighted by molar-refractivity contribution is 5.68. The lowest BCUT2D eigenvalue weighted by Crippen LogP contribution is -1.95. The van der Waals surface area contributed by atoms with Crippen LogP contribution in [0.1, 0.15) is 5.69 Å². The molecule has 0 bridgehead atoms. The van der Waals surface area contributed by atoms with Gasteiger partial charge >= 0.3 is 0 Å². The van der Waals surface area contributed by atoms with Gasteiger partial charge in [0.15, 0.2) is 5.69 Å². The normalized spacial score (nSPS) is 9.95. The number of hydrogen-bond donors (Lipinski definition) is 0. The van der Waals surface area contributed by atoms with Gasteiger partial charge in [-0.3, -0.25) is 0 Å². The fourth-order valence-corrected chi connectivity index (χ4v) is 2.02. The Labute approximate surface area is 117 Å². The molecule has 0 aliphatic heterocycles. The predicted molar refractivity (Wildman–Crippen MR) is 77.6 cm³/mol. The van der Waals surface area contributed by atoms with Crippen molar-refractivity contribution in [2.45, 2.75) is 0 Å². The first-order valence-electron chi connectivity index (χ1n) is 6.26. The minimum Gasteiger partial charge on any atom is -0.243 e. The molecular weight excluding hydrogens is 246 g/mol. The summed E-state index contributed by atoms with van der Waals surface area (Å²) in [6, 6.07) is 21.6. The number of nitrogens with zero attached hydrogens (tertiary/aromatic N) is 3. The monoisotopic (exact) mass is 257 g/mol. The van der Waals surface area contributed by atoms with Gasteiger partial charge in [0.25, 0.3) is 0 Å². The van der Waals surface area contributed by atoms with Crippen LogP contribution in [0.2, 0.25) is 0 Å². The topological polar surface area (TPSA) is 49.6 Å². The summed E-state index contributed by atoms with van der Waals surface area (Å²) < 4.78 is 0. The van der Waals surface area contributed by atoms with Gasteiger partial charge < -0.3 is 0 Å². The molecule has 0 aliphatic carbocycles. The molecule has 0 fully saturated rings. The average Bonchev–Trinajstić information content (AvgIpc) is 2.56. The van der Waals surface area contributed by atoms with Crippen molar-refractivity contribution in [3.63, 3.8) is 0 Å². The van der Waals surface area contributed by atoms with E-state index in [2.05, 4.69) is 16.0 Å². The van der Waals surface area contributed by atoms with E-state index in [-0.39, 0.29) is 0 Å². The maximum absolute atomic E-state index is 9.19. The second kappa shape index (κ2) is 5.33. The van der Waals surface area contributed by atoms with Crippen LogP contribution in [0.3, 0.4) is 0 Å². The first kappa shape index (κ1) is 12.1. The Morgan fingerprint density at radius 3 is 2.00 bits per heavy atom. The van der Waals surface area contributed by atoms with Crippen molar-refractivity contribution in [1.82, 2.24) is 9.97 Å². The molecule has 0 unspecified atom stereocenters. The van der Waals surface area contributed by atoms with Crippen molar-refractivity contribution in [1.29, 1.82) is 5.26 Å². The van der Waals surface area contributed by atoms with Crippen molar-refractivity contribution in [3.05, 3.63) is 72.6 Å². The lowest BCUT2D eigenvalue weighted by Gasteiger charge is -2.06. The Morgan fingerprint density at radius 1 is 0.800 bits per heavy atom. The molecule has 0 spiro atoms. The van der Waals surface area contributed by atoms with Gasteiger partial charge in [-0.05, 0) is 0 Å². The van der Waals surface area contributed by atoms with E-state index in [0.717, 1.165) is 16.8 Å². The molecule has 0 radical (unpaired) electrons. The van der Waals surface area contributed by atoms with Crippen LogP contribution >= 0.6 is 0 Å². The maximum atomic E-state index is 9.19. The summed E-state index contributed by atoms with van der Waals surface area (Å²) in [7, 11) is 0. The van der Waals surface area contributed by atoms with E-state index in [1.807, 2.05) is 60.7 Å². The van der Waals surface area contributed by atoms with Gasteiger partial charge in [0.05, 0.1) is 11.9 Å². The third kappa shape index (κ3) is 2.27. The van der Waals surface area contributed by atoms with Gasteiger partial charge in [-0.1, -0.05) is 60.7 Å². The minimum atomic E-state index is 0.343. The van der Waals surface area contributed by atoms with Crippen LogP contribution in [0.5, 0.6) is 0 Å². The van der Waals surface area contributed by atoms with Gasteiger partial charge in [-0.2, -0.15) is 5.26 Å².